The summed E-state index contributed by atoms with van der Waals surface area (Å²) in [6.45, 7) is 0.0161. The zero-order valence-electron chi connectivity index (χ0n) is 7.89. The van der Waals surface area contributed by atoms with Crippen LogP contribution in [-0.4, -0.2) is 38.7 Å². The van der Waals surface area contributed by atoms with E-state index in [2.05, 4.69) is 5.32 Å². The van der Waals surface area contributed by atoms with Crippen molar-refractivity contribution in [3.63, 3.8) is 0 Å². The molecule has 8 heteroatoms. The summed E-state index contributed by atoms with van der Waals surface area (Å²) in [7, 11) is 2.89. The number of rotatable bonds is 7. The molecule has 0 aromatic carbocycles. The molecule has 0 fully saturated rings. The van der Waals surface area contributed by atoms with Gasteiger partial charge in [0, 0.05) is 14.2 Å². The van der Waals surface area contributed by atoms with Crippen molar-refractivity contribution in [3.8, 4) is 0 Å². The van der Waals surface area contributed by atoms with E-state index in [1.807, 2.05) is 0 Å². The highest BCUT2D eigenvalue weighted by Crippen LogP contribution is 2.59. The first kappa shape index (κ1) is 14.1. The van der Waals surface area contributed by atoms with Crippen LogP contribution in [0.1, 0.15) is 0 Å². The van der Waals surface area contributed by atoms with Crippen molar-refractivity contribution in [2.75, 3.05) is 26.5 Å². The van der Waals surface area contributed by atoms with Gasteiger partial charge in [-0.15, -0.1) is 0 Å². The summed E-state index contributed by atoms with van der Waals surface area (Å²) in [5.41, 5.74) is -2.37. The van der Waals surface area contributed by atoms with Gasteiger partial charge in [-0.25, -0.2) is 0 Å². The normalized spacial score (nSPS) is 11.0. The smallest absolute Gasteiger partial charge is 0.247 e. The summed E-state index contributed by atoms with van der Waals surface area (Å²) < 4.78 is 9.92. The minimum Gasteiger partial charge on any atom is -0.349 e. The summed E-state index contributed by atoms with van der Waals surface area (Å²) in [5.74, 6) is -0.127. The van der Waals surface area contributed by atoms with Gasteiger partial charge < -0.3 is 19.2 Å². The minimum absolute atomic E-state index is 0.0161. The first-order chi connectivity index (χ1) is 6.58. The Hall–Kier alpha value is 0.0600. The van der Waals surface area contributed by atoms with Gasteiger partial charge in [0.05, 0.1) is 12.3 Å². The van der Waals surface area contributed by atoms with E-state index in [0.717, 1.165) is 11.4 Å². The van der Waals surface area contributed by atoms with E-state index in [0.29, 0.717) is 6.29 Å². The maximum absolute atomic E-state index is 11.1. The van der Waals surface area contributed by atoms with Crippen LogP contribution >= 0.6 is 17.1 Å². The molecule has 0 aliphatic rings. The molecule has 0 saturated heterocycles. The molecule has 0 saturated carbocycles. The van der Waals surface area contributed by atoms with Crippen LogP contribution in [0.4, 0.5) is 0 Å². The van der Waals surface area contributed by atoms with Crippen LogP contribution in [0.2, 0.25) is 0 Å². The fourth-order valence-electron chi connectivity index (χ4n) is 0.524. The molecule has 0 bridgehead atoms. The molecule has 0 aromatic rings. The molecule has 0 radical (unpaired) electrons. The fraction of sp³-hybridized carbons (Fsp3) is 0.667. The van der Waals surface area contributed by atoms with Crippen LogP contribution in [0.15, 0.2) is 0 Å². The van der Waals surface area contributed by atoms with Crippen LogP contribution in [0.5, 0.6) is 0 Å². The Balaban J connectivity index is 3.86. The molecule has 0 atom stereocenters. The Kier molecular flexibility index (Phi) is 7.40. The molecule has 0 aliphatic carbocycles. The second-order valence-electron chi connectivity index (χ2n) is 2.06. The van der Waals surface area contributed by atoms with Gasteiger partial charge in [-0.3, -0.25) is 4.79 Å². The average Bonchev–Trinajstić information content (AvgIpc) is 2.23. The Morgan fingerprint density at radius 2 is 2.14 bits per heavy atom. The summed E-state index contributed by atoms with van der Waals surface area (Å²) in [6, 6.07) is 0. The van der Waals surface area contributed by atoms with Crippen LogP contribution < -0.4 is 5.32 Å². The Bertz CT molecular complexity index is 240. The third kappa shape index (κ3) is 5.72. The number of aldehydes is 1. The zero-order valence-corrected chi connectivity index (χ0v) is 10.4. The van der Waals surface area contributed by atoms with Crippen molar-refractivity contribution in [1.29, 1.82) is 0 Å². The van der Waals surface area contributed by atoms with E-state index in [-0.39, 0.29) is 18.2 Å². The third-order valence-electron chi connectivity index (χ3n) is 1.18. The molecule has 82 valence electrons. The highest BCUT2D eigenvalue weighted by atomic mass is 32.9. The highest BCUT2D eigenvalue weighted by molar-refractivity contribution is 8.68. The largest absolute Gasteiger partial charge is 0.349 e. The molecule has 0 spiro atoms. The molecule has 0 rings (SSSR count). The van der Waals surface area contributed by atoms with Gasteiger partial charge in [-0.1, -0.05) is 11.4 Å². The molecular formula is C6H12NO4PS2. The fourth-order valence-corrected chi connectivity index (χ4v) is 3.19. The number of carbonyl (C=O) groups is 2. The van der Waals surface area contributed by atoms with Crippen LogP contribution in [0.25, 0.3) is 0 Å². The first-order valence-corrected chi connectivity index (χ1v) is 7.87. The summed E-state index contributed by atoms with van der Waals surface area (Å²) in [6.07, 6.45) is 0.616. The van der Waals surface area contributed by atoms with Gasteiger partial charge >= 0.3 is 0 Å². The van der Waals surface area contributed by atoms with Crippen molar-refractivity contribution in [3.05, 3.63) is 0 Å². The lowest BCUT2D eigenvalue weighted by Crippen LogP contribution is -2.26. The van der Waals surface area contributed by atoms with E-state index in [9.17, 15) is 9.59 Å². The van der Waals surface area contributed by atoms with Crippen molar-refractivity contribution in [1.82, 2.24) is 5.32 Å². The Morgan fingerprint density at radius 3 is 2.57 bits per heavy atom. The standard InChI is InChI=1S/C6H12NO4PS2/c1-10-12(13,11-2)14-5-6(9)7-3-4-8/h4H,3,5H2,1-2H3,(H,7,9). The highest BCUT2D eigenvalue weighted by Gasteiger charge is 2.17. The van der Waals surface area contributed by atoms with Gasteiger partial charge in [0.25, 0.3) is 0 Å². The maximum atomic E-state index is 11.1. The van der Waals surface area contributed by atoms with E-state index < -0.39 is 5.69 Å². The number of hydrogen-bond acceptors (Lipinski definition) is 6. The molecule has 14 heavy (non-hydrogen) atoms. The van der Waals surface area contributed by atoms with Gasteiger partial charge in [0.2, 0.25) is 11.6 Å². The van der Waals surface area contributed by atoms with E-state index in [4.69, 9.17) is 20.9 Å². The predicted molar refractivity (Wildman–Crippen MR) is 59.8 cm³/mol. The minimum atomic E-state index is -2.37. The molecule has 1 N–H and O–H groups in total. The lowest BCUT2D eigenvalue weighted by atomic mass is 10.6. The summed E-state index contributed by atoms with van der Waals surface area (Å²) >= 11 is 6.15. The molecule has 0 aromatic heterocycles. The van der Waals surface area contributed by atoms with E-state index in [1.54, 1.807) is 0 Å². The number of nitrogens with one attached hydrogen (secondary N) is 1. The van der Waals surface area contributed by atoms with Crippen molar-refractivity contribution >= 4 is 41.1 Å². The topological polar surface area (TPSA) is 64.6 Å². The first-order valence-electron chi connectivity index (χ1n) is 3.64. The quantitative estimate of drug-likeness (QED) is 0.531. The van der Waals surface area contributed by atoms with Gasteiger partial charge in [0.1, 0.15) is 6.29 Å². The van der Waals surface area contributed by atoms with Gasteiger partial charge in [-0.2, -0.15) is 0 Å². The van der Waals surface area contributed by atoms with Crippen LogP contribution in [-0.2, 0) is 30.4 Å². The van der Waals surface area contributed by atoms with Crippen LogP contribution in [0.3, 0.4) is 0 Å². The van der Waals surface area contributed by atoms with E-state index in [1.165, 1.54) is 14.2 Å². The molecule has 5 nitrogen and oxygen atoms in total. The number of amides is 1. The number of carbonyl (C=O) groups excluding carboxylic acids is 2. The second-order valence-corrected chi connectivity index (χ2v) is 8.58. The Morgan fingerprint density at radius 1 is 1.57 bits per heavy atom. The predicted octanol–water partition coefficient (Wildman–Crippen LogP) is 0.552. The van der Waals surface area contributed by atoms with Gasteiger partial charge in [0.15, 0.2) is 0 Å². The van der Waals surface area contributed by atoms with E-state index >= 15 is 0 Å². The van der Waals surface area contributed by atoms with Crippen LogP contribution in [0, 0.1) is 0 Å². The number of hydrogen-bond donors (Lipinski definition) is 1. The molecule has 0 heterocycles. The van der Waals surface area contributed by atoms with Gasteiger partial charge in [-0.05, 0) is 11.8 Å². The SMILES string of the molecule is COP(=S)(OC)SCC(=O)NCC=O. The molecule has 0 aliphatic heterocycles. The van der Waals surface area contributed by atoms with Crippen molar-refractivity contribution in [2.45, 2.75) is 0 Å². The van der Waals surface area contributed by atoms with Crippen molar-refractivity contribution < 1.29 is 18.6 Å². The summed E-state index contributed by atoms with van der Waals surface area (Å²) in [5, 5.41) is 2.39. The zero-order chi connectivity index (χ0) is 11.0. The maximum Gasteiger partial charge on any atom is 0.247 e. The lowest BCUT2D eigenvalue weighted by Gasteiger charge is -2.15. The Labute approximate surface area is 91.8 Å². The monoisotopic (exact) mass is 257 g/mol. The molecular weight excluding hydrogens is 245 g/mol. The summed E-state index contributed by atoms with van der Waals surface area (Å²) in [4.78, 5) is 21.0. The molecule has 1 amide bonds. The molecule has 0 unspecified atom stereocenters. The van der Waals surface area contributed by atoms with Crippen molar-refractivity contribution in [2.24, 2.45) is 0 Å². The lowest BCUT2D eigenvalue weighted by molar-refractivity contribution is -0.120. The third-order valence-corrected chi connectivity index (χ3v) is 6.86. The average molecular weight is 257 g/mol. The second kappa shape index (κ2) is 7.36.